The summed E-state index contributed by atoms with van der Waals surface area (Å²) in [5.74, 6) is -0.614. The van der Waals surface area contributed by atoms with E-state index in [1.807, 2.05) is 0 Å². The van der Waals surface area contributed by atoms with Gasteiger partial charge in [0.25, 0.3) is 11.6 Å². The third-order valence-corrected chi connectivity index (χ3v) is 4.49. The second kappa shape index (κ2) is 8.18. The van der Waals surface area contributed by atoms with Crippen LogP contribution in [0.4, 0.5) is 5.69 Å². The van der Waals surface area contributed by atoms with E-state index in [-0.39, 0.29) is 16.3 Å². The van der Waals surface area contributed by atoms with Crippen molar-refractivity contribution in [3.05, 3.63) is 64.2 Å². The minimum Gasteiger partial charge on any atom is -0.508 e. The van der Waals surface area contributed by atoms with Gasteiger partial charge in [-0.3, -0.25) is 14.9 Å². The summed E-state index contributed by atoms with van der Waals surface area (Å²) in [6.07, 6.45) is 1.32. The molecule has 0 aliphatic carbocycles. The van der Waals surface area contributed by atoms with Gasteiger partial charge in [-0.05, 0) is 42.0 Å². The summed E-state index contributed by atoms with van der Waals surface area (Å²) >= 11 is 0. The van der Waals surface area contributed by atoms with Gasteiger partial charge in [0.2, 0.25) is 10.0 Å². The van der Waals surface area contributed by atoms with Gasteiger partial charge in [0.15, 0.2) is 0 Å². The second-order valence-electron chi connectivity index (χ2n) is 4.96. The SMILES string of the molecule is O=C(CNS(=O)(=O)c1ccc([N+](=O)[O-])cc1)N/N=C/c1ccc(O)cc1. The Balaban J connectivity index is 1.89. The number of hydrazone groups is 1. The summed E-state index contributed by atoms with van der Waals surface area (Å²) in [4.78, 5) is 21.3. The largest absolute Gasteiger partial charge is 0.508 e. The molecule has 0 atom stereocenters. The van der Waals surface area contributed by atoms with E-state index in [1.165, 1.54) is 18.3 Å². The molecule has 2 aromatic carbocycles. The number of amides is 1. The van der Waals surface area contributed by atoms with Crippen LogP contribution in [0.5, 0.6) is 5.75 Å². The Morgan fingerprint density at radius 2 is 1.77 bits per heavy atom. The van der Waals surface area contributed by atoms with Gasteiger partial charge >= 0.3 is 0 Å². The second-order valence-corrected chi connectivity index (χ2v) is 6.73. The number of nitro groups is 1. The van der Waals surface area contributed by atoms with Crippen LogP contribution < -0.4 is 10.1 Å². The van der Waals surface area contributed by atoms with Crippen molar-refractivity contribution in [3.63, 3.8) is 0 Å². The molecule has 0 unspecified atom stereocenters. The van der Waals surface area contributed by atoms with Gasteiger partial charge in [0, 0.05) is 12.1 Å². The van der Waals surface area contributed by atoms with E-state index in [2.05, 4.69) is 15.2 Å². The van der Waals surface area contributed by atoms with Gasteiger partial charge in [0.1, 0.15) is 5.75 Å². The minimum absolute atomic E-state index is 0.0897. The van der Waals surface area contributed by atoms with E-state index in [1.54, 1.807) is 12.1 Å². The Morgan fingerprint density at radius 3 is 2.35 bits per heavy atom. The van der Waals surface area contributed by atoms with Crippen molar-refractivity contribution >= 4 is 27.8 Å². The minimum atomic E-state index is -3.99. The maximum atomic E-state index is 12.0. The van der Waals surface area contributed by atoms with Gasteiger partial charge in [-0.1, -0.05) is 0 Å². The number of nitrogens with one attached hydrogen (secondary N) is 2. The zero-order valence-electron chi connectivity index (χ0n) is 13.2. The number of carbonyl (C=O) groups excluding carboxylic acids is 1. The van der Waals surface area contributed by atoms with Crippen molar-refractivity contribution in [2.75, 3.05) is 6.54 Å². The highest BCUT2D eigenvalue weighted by molar-refractivity contribution is 7.89. The van der Waals surface area contributed by atoms with Gasteiger partial charge in [0.05, 0.1) is 22.6 Å². The molecule has 0 saturated carbocycles. The predicted molar refractivity (Wildman–Crippen MR) is 92.1 cm³/mol. The van der Waals surface area contributed by atoms with Crippen LogP contribution in [0, 0.1) is 10.1 Å². The Hall–Kier alpha value is -3.31. The molecule has 0 fully saturated rings. The summed E-state index contributed by atoms with van der Waals surface area (Å²) in [6, 6.07) is 10.3. The Morgan fingerprint density at radius 1 is 1.15 bits per heavy atom. The summed E-state index contributed by atoms with van der Waals surface area (Å²) in [6.45, 7) is -0.563. The molecule has 2 rings (SSSR count). The van der Waals surface area contributed by atoms with E-state index in [4.69, 9.17) is 5.11 Å². The average molecular weight is 378 g/mol. The predicted octanol–water partition coefficient (Wildman–Crippen LogP) is 0.729. The number of aromatic hydroxyl groups is 1. The smallest absolute Gasteiger partial charge is 0.269 e. The zero-order chi connectivity index (χ0) is 19.2. The number of nitrogens with zero attached hydrogens (tertiary/aromatic N) is 2. The van der Waals surface area contributed by atoms with E-state index in [0.29, 0.717) is 5.56 Å². The normalized spacial score (nSPS) is 11.4. The lowest BCUT2D eigenvalue weighted by Crippen LogP contribution is -2.34. The fourth-order valence-corrected chi connectivity index (χ4v) is 2.75. The molecule has 0 aliphatic heterocycles. The molecule has 10 nitrogen and oxygen atoms in total. The van der Waals surface area contributed by atoms with Gasteiger partial charge in [-0.2, -0.15) is 5.10 Å². The number of hydrogen-bond acceptors (Lipinski definition) is 7. The first kappa shape index (κ1) is 19.0. The lowest BCUT2D eigenvalue weighted by atomic mass is 10.2. The Kier molecular flexibility index (Phi) is 5.98. The molecule has 0 aliphatic rings. The van der Waals surface area contributed by atoms with E-state index in [0.717, 1.165) is 24.3 Å². The van der Waals surface area contributed by atoms with Crippen LogP contribution in [0.25, 0.3) is 0 Å². The lowest BCUT2D eigenvalue weighted by Gasteiger charge is -2.05. The highest BCUT2D eigenvalue weighted by Crippen LogP contribution is 2.15. The molecule has 0 saturated heterocycles. The molecule has 1 amide bonds. The Labute approximate surface area is 148 Å². The maximum absolute atomic E-state index is 12.0. The van der Waals surface area contributed by atoms with Crippen molar-refractivity contribution in [1.82, 2.24) is 10.1 Å². The zero-order valence-corrected chi connectivity index (χ0v) is 14.0. The number of rotatable bonds is 7. The van der Waals surface area contributed by atoms with E-state index >= 15 is 0 Å². The van der Waals surface area contributed by atoms with Crippen LogP contribution in [0.3, 0.4) is 0 Å². The molecular formula is C15H14N4O6S. The number of non-ortho nitro benzene ring substituents is 1. The third-order valence-electron chi connectivity index (χ3n) is 3.08. The quantitative estimate of drug-likeness (QED) is 0.367. The highest BCUT2D eigenvalue weighted by atomic mass is 32.2. The number of hydrogen-bond donors (Lipinski definition) is 3. The molecule has 136 valence electrons. The number of phenols is 1. The molecule has 0 aromatic heterocycles. The average Bonchev–Trinajstić information content (AvgIpc) is 2.62. The molecule has 3 N–H and O–H groups in total. The number of nitro benzene ring substituents is 1. The maximum Gasteiger partial charge on any atom is 0.269 e. The van der Waals surface area contributed by atoms with Gasteiger partial charge in [-0.15, -0.1) is 0 Å². The molecule has 0 bridgehead atoms. The molecule has 0 spiro atoms. The van der Waals surface area contributed by atoms with Crippen LogP contribution in [-0.4, -0.2) is 37.1 Å². The summed E-state index contributed by atoms with van der Waals surface area (Å²) in [5, 5.41) is 23.4. The van der Waals surface area contributed by atoms with Gasteiger partial charge < -0.3 is 5.11 Å². The molecule has 26 heavy (non-hydrogen) atoms. The number of carbonyl (C=O) groups is 1. The fourth-order valence-electron chi connectivity index (χ4n) is 1.77. The number of sulfonamides is 1. The summed E-state index contributed by atoms with van der Waals surface area (Å²) in [5.41, 5.74) is 2.52. The van der Waals surface area contributed by atoms with Crippen molar-refractivity contribution in [1.29, 1.82) is 0 Å². The van der Waals surface area contributed by atoms with Crippen LogP contribution >= 0.6 is 0 Å². The van der Waals surface area contributed by atoms with Crippen molar-refractivity contribution < 1.29 is 23.2 Å². The first-order chi connectivity index (χ1) is 12.3. The lowest BCUT2D eigenvalue weighted by molar-refractivity contribution is -0.384. The van der Waals surface area contributed by atoms with Crippen molar-refractivity contribution in [3.8, 4) is 5.75 Å². The number of phenolic OH excluding ortho intramolecular Hbond substituents is 1. The van der Waals surface area contributed by atoms with Crippen LogP contribution in [0.15, 0.2) is 58.5 Å². The summed E-state index contributed by atoms with van der Waals surface area (Å²) < 4.78 is 26.1. The molecule has 2 aromatic rings. The first-order valence-electron chi connectivity index (χ1n) is 7.13. The van der Waals surface area contributed by atoms with Crippen LogP contribution in [0.1, 0.15) is 5.56 Å². The molecule has 0 radical (unpaired) electrons. The molecule has 11 heteroatoms. The Bertz CT molecular complexity index is 924. The standard InChI is InChI=1S/C15H14N4O6S/c20-13-5-1-11(2-6-13)9-16-18-15(21)10-17-26(24,25)14-7-3-12(4-8-14)19(22)23/h1-9,17,20H,10H2,(H,18,21)/b16-9+. The van der Waals surface area contributed by atoms with Crippen molar-refractivity contribution in [2.24, 2.45) is 5.10 Å². The topological polar surface area (TPSA) is 151 Å². The monoisotopic (exact) mass is 378 g/mol. The van der Waals surface area contributed by atoms with Gasteiger partial charge in [-0.25, -0.2) is 18.6 Å². The summed E-state index contributed by atoms with van der Waals surface area (Å²) in [7, 11) is -3.99. The first-order valence-corrected chi connectivity index (χ1v) is 8.61. The van der Waals surface area contributed by atoms with Crippen LogP contribution in [0.2, 0.25) is 0 Å². The fraction of sp³-hybridized carbons (Fsp3) is 0.0667. The highest BCUT2D eigenvalue weighted by Gasteiger charge is 2.16. The number of benzene rings is 2. The van der Waals surface area contributed by atoms with Crippen LogP contribution in [-0.2, 0) is 14.8 Å². The van der Waals surface area contributed by atoms with E-state index < -0.39 is 27.4 Å². The third kappa shape index (κ3) is 5.36. The van der Waals surface area contributed by atoms with Crippen molar-refractivity contribution in [2.45, 2.75) is 4.90 Å². The molecule has 0 heterocycles. The molecular weight excluding hydrogens is 364 g/mol. The van der Waals surface area contributed by atoms with E-state index in [9.17, 15) is 23.3 Å².